The molecule has 0 bridgehead atoms. The summed E-state index contributed by atoms with van der Waals surface area (Å²) in [6, 6.07) is 0.0440. The third-order valence-electron chi connectivity index (χ3n) is 3.17. The highest BCUT2D eigenvalue weighted by molar-refractivity contribution is 7.90. The summed E-state index contributed by atoms with van der Waals surface area (Å²) in [5.41, 5.74) is 0.848. The molecule has 0 aromatic heterocycles. The van der Waals surface area contributed by atoms with Crippen molar-refractivity contribution in [3.05, 3.63) is 11.6 Å². The van der Waals surface area contributed by atoms with Crippen LogP contribution in [0.3, 0.4) is 0 Å². The zero-order chi connectivity index (χ0) is 13.9. The number of carbonyl (C=O) groups is 1. The molecule has 1 rings (SSSR count). The maximum Gasteiger partial charge on any atom is 0.157 e. The van der Waals surface area contributed by atoms with Crippen molar-refractivity contribution in [2.24, 2.45) is 0 Å². The van der Waals surface area contributed by atoms with Gasteiger partial charge in [-0.3, -0.25) is 4.79 Å². The van der Waals surface area contributed by atoms with Crippen LogP contribution in [-0.2, 0) is 16.2 Å². The molecule has 0 radical (unpaired) electrons. The number of carbonyl (C=O) groups excluding carboxylic acids is 1. The van der Waals surface area contributed by atoms with E-state index in [1.807, 2.05) is 31.2 Å². The minimum Gasteiger partial charge on any atom is -0.597 e. The van der Waals surface area contributed by atoms with Crippen molar-refractivity contribution >= 4 is 17.1 Å². The molecule has 0 N–H and O–H groups in total. The predicted octanol–water partition coefficient (Wildman–Crippen LogP) is 2.84. The average Bonchev–Trinajstić information content (AvgIpc) is 2.67. The molecule has 3 nitrogen and oxygen atoms in total. The summed E-state index contributed by atoms with van der Waals surface area (Å²) >= 11 is -1.05. The molecule has 0 fully saturated rings. The number of ketones is 1. The number of rotatable bonds is 5. The first-order valence-electron chi connectivity index (χ1n) is 6.68. The molecule has 4 heteroatoms. The molecule has 0 spiro atoms. The van der Waals surface area contributed by atoms with Crippen LogP contribution in [0.1, 0.15) is 53.9 Å². The van der Waals surface area contributed by atoms with Gasteiger partial charge in [0.15, 0.2) is 5.78 Å². The lowest BCUT2D eigenvalue weighted by molar-refractivity contribution is -0.113. The predicted molar refractivity (Wildman–Crippen MR) is 76.7 cm³/mol. The van der Waals surface area contributed by atoms with E-state index in [-0.39, 0.29) is 16.6 Å². The van der Waals surface area contributed by atoms with Gasteiger partial charge in [0.1, 0.15) is 4.75 Å². The Kier molecular flexibility index (Phi) is 5.44. The highest BCUT2D eigenvalue weighted by atomic mass is 32.2. The van der Waals surface area contributed by atoms with Crippen molar-refractivity contribution < 1.29 is 9.35 Å². The zero-order valence-corrected chi connectivity index (χ0v) is 13.0. The molecule has 1 unspecified atom stereocenters. The Morgan fingerprint density at radius 2 is 2.17 bits per heavy atom. The van der Waals surface area contributed by atoms with Gasteiger partial charge < -0.3 is 4.55 Å². The monoisotopic (exact) mass is 271 g/mol. The summed E-state index contributed by atoms with van der Waals surface area (Å²) in [6.07, 6.45) is 5.03. The lowest BCUT2D eigenvalue weighted by Crippen LogP contribution is -2.46. The number of hydrogen-bond acceptors (Lipinski definition) is 3. The summed E-state index contributed by atoms with van der Waals surface area (Å²) in [7, 11) is 0. The second-order valence-electron chi connectivity index (χ2n) is 5.83. The number of hydrogen-bond donors (Lipinski definition) is 0. The Hall–Kier alpha value is -0.320. The highest BCUT2D eigenvalue weighted by Gasteiger charge is 2.42. The quantitative estimate of drug-likeness (QED) is 0.722. The summed E-state index contributed by atoms with van der Waals surface area (Å²) in [4.78, 5) is 11.6. The normalized spacial score (nSPS) is 23.0. The van der Waals surface area contributed by atoms with Crippen LogP contribution in [0.2, 0.25) is 0 Å². The van der Waals surface area contributed by atoms with Crippen LogP contribution in [0.4, 0.5) is 0 Å². The molecule has 0 saturated carbocycles. The molecule has 1 aliphatic heterocycles. The molecule has 0 aliphatic carbocycles. The maximum absolute atomic E-state index is 12.5. The first-order valence-corrected chi connectivity index (χ1v) is 7.79. The van der Waals surface area contributed by atoms with Crippen LogP contribution in [0, 0.1) is 0 Å². The zero-order valence-electron chi connectivity index (χ0n) is 12.2. The average molecular weight is 271 g/mol. The van der Waals surface area contributed by atoms with Gasteiger partial charge in [-0.15, -0.1) is 4.31 Å². The maximum atomic E-state index is 12.5. The topological polar surface area (TPSA) is 43.4 Å². The van der Waals surface area contributed by atoms with Crippen molar-refractivity contribution in [1.29, 1.82) is 0 Å². The van der Waals surface area contributed by atoms with Crippen LogP contribution >= 0.6 is 0 Å². The molecule has 0 aromatic rings. The Morgan fingerprint density at radius 1 is 1.56 bits per heavy atom. The molecule has 0 amide bonds. The van der Waals surface area contributed by atoms with Crippen molar-refractivity contribution in [2.45, 2.75) is 64.7 Å². The molecule has 1 heterocycles. The van der Waals surface area contributed by atoms with Gasteiger partial charge in [-0.25, -0.2) is 0 Å². The molecular formula is C14H25NO2S. The van der Waals surface area contributed by atoms with E-state index < -0.39 is 11.4 Å². The third kappa shape index (κ3) is 3.59. The Morgan fingerprint density at radius 3 is 2.61 bits per heavy atom. The van der Waals surface area contributed by atoms with E-state index in [1.165, 1.54) is 0 Å². The Balaban J connectivity index is 2.84. The summed E-state index contributed by atoms with van der Waals surface area (Å²) < 4.78 is 14.2. The summed E-state index contributed by atoms with van der Waals surface area (Å²) in [6.45, 7) is 10.3. The lowest BCUT2D eigenvalue weighted by atomic mass is 10.0. The fourth-order valence-electron chi connectivity index (χ4n) is 2.22. The van der Waals surface area contributed by atoms with Crippen LogP contribution in [0.15, 0.2) is 11.6 Å². The van der Waals surface area contributed by atoms with Crippen LogP contribution in [0.5, 0.6) is 0 Å². The molecule has 18 heavy (non-hydrogen) atoms. The van der Waals surface area contributed by atoms with Gasteiger partial charge in [-0.1, -0.05) is 25.8 Å². The van der Waals surface area contributed by atoms with Crippen LogP contribution in [-0.4, -0.2) is 32.0 Å². The molecule has 104 valence electrons. The van der Waals surface area contributed by atoms with Crippen molar-refractivity contribution in [1.82, 2.24) is 4.31 Å². The van der Waals surface area contributed by atoms with Gasteiger partial charge in [0.05, 0.1) is 12.6 Å². The van der Waals surface area contributed by atoms with Gasteiger partial charge in [-0.2, -0.15) is 0 Å². The Bertz CT molecular complexity index is 333. The van der Waals surface area contributed by atoms with E-state index in [1.54, 1.807) is 6.92 Å². The number of unbranched alkanes of at least 4 members (excludes halogenated alkanes) is 1. The van der Waals surface area contributed by atoms with Crippen LogP contribution in [0.25, 0.3) is 0 Å². The van der Waals surface area contributed by atoms with E-state index >= 15 is 0 Å². The lowest BCUT2D eigenvalue weighted by Gasteiger charge is -2.34. The van der Waals surface area contributed by atoms with E-state index in [2.05, 4.69) is 6.92 Å². The minimum atomic E-state index is -1.05. The summed E-state index contributed by atoms with van der Waals surface area (Å²) in [5, 5.41) is 0. The second-order valence-corrected chi connectivity index (χ2v) is 8.03. The SMILES string of the molecule is CCCC[C@H]1C(C(C)=O)=CCN1[S+]([O-])C(C)(C)C. The largest absolute Gasteiger partial charge is 0.597 e. The molecule has 0 saturated heterocycles. The second kappa shape index (κ2) is 6.22. The van der Waals surface area contributed by atoms with E-state index in [4.69, 9.17) is 0 Å². The molecule has 1 aliphatic rings. The van der Waals surface area contributed by atoms with E-state index in [9.17, 15) is 9.35 Å². The van der Waals surface area contributed by atoms with Gasteiger partial charge in [0.25, 0.3) is 0 Å². The number of nitrogens with zero attached hydrogens (tertiary/aromatic N) is 1. The van der Waals surface area contributed by atoms with Gasteiger partial charge >= 0.3 is 0 Å². The third-order valence-corrected chi connectivity index (χ3v) is 5.05. The van der Waals surface area contributed by atoms with E-state index in [0.717, 1.165) is 24.8 Å². The highest BCUT2D eigenvalue weighted by Crippen LogP contribution is 2.31. The molecule has 2 atom stereocenters. The van der Waals surface area contributed by atoms with Crippen molar-refractivity contribution in [3.63, 3.8) is 0 Å². The standard InChI is InChI=1S/C14H25NO2S/c1-6-7-8-13-12(11(2)16)9-10-15(13)18(17)14(3,4)5/h9,13H,6-8,10H2,1-5H3/t13-,18?/m0/s1. The Labute approximate surface area is 114 Å². The van der Waals surface area contributed by atoms with Crippen molar-refractivity contribution in [2.75, 3.05) is 6.54 Å². The van der Waals surface area contributed by atoms with Crippen LogP contribution < -0.4 is 0 Å². The smallest absolute Gasteiger partial charge is 0.157 e. The van der Waals surface area contributed by atoms with Gasteiger partial charge in [0.2, 0.25) is 0 Å². The first-order chi connectivity index (χ1) is 8.29. The van der Waals surface area contributed by atoms with Crippen molar-refractivity contribution in [3.8, 4) is 0 Å². The molecular weight excluding hydrogens is 246 g/mol. The van der Waals surface area contributed by atoms with Gasteiger partial charge in [-0.05, 0) is 34.1 Å². The number of Topliss-reactive ketones (excluding diaryl/α,β-unsaturated/α-hetero) is 1. The first kappa shape index (κ1) is 15.7. The van der Waals surface area contributed by atoms with E-state index in [0.29, 0.717) is 6.54 Å². The fourth-order valence-corrected chi connectivity index (χ4v) is 3.58. The fraction of sp³-hybridized carbons (Fsp3) is 0.786. The summed E-state index contributed by atoms with van der Waals surface area (Å²) in [5.74, 6) is 0.115. The molecule has 0 aromatic carbocycles. The minimum absolute atomic E-state index is 0.0440. The van der Waals surface area contributed by atoms with Gasteiger partial charge in [0, 0.05) is 16.9 Å².